The molecule has 0 spiro atoms. The van der Waals surface area contributed by atoms with Gasteiger partial charge in [-0.1, -0.05) is 25.5 Å². The first-order valence-corrected chi connectivity index (χ1v) is 9.74. The Kier molecular flexibility index (Phi) is 3.58. The zero-order valence-corrected chi connectivity index (χ0v) is 15.0. The summed E-state index contributed by atoms with van der Waals surface area (Å²) < 4.78 is 0. The maximum absolute atomic E-state index is 12.2. The average molecular weight is 316 g/mol. The van der Waals surface area contributed by atoms with E-state index in [1.54, 1.807) is 5.57 Å². The van der Waals surface area contributed by atoms with Crippen LogP contribution in [0, 0.1) is 34.5 Å². The molecule has 3 fully saturated rings. The van der Waals surface area contributed by atoms with Gasteiger partial charge in [0.15, 0.2) is 0 Å². The van der Waals surface area contributed by atoms with Gasteiger partial charge < -0.3 is 5.11 Å². The molecule has 0 amide bonds. The van der Waals surface area contributed by atoms with Crippen molar-refractivity contribution in [3.63, 3.8) is 0 Å². The number of allylic oxidation sites excluding steroid dienone is 1. The Balaban J connectivity index is 1.66. The molecular weight excluding hydrogens is 284 g/mol. The number of aliphatic hydroxyl groups is 1. The molecule has 7 atom stereocenters. The Morgan fingerprint density at radius 3 is 2.65 bits per heavy atom. The normalized spacial score (nSPS) is 52.2. The van der Waals surface area contributed by atoms with Gasteiger partial charge in [0.05, 0.1) is 6.10 Å². The van der Waals surface area contributed by atoms with Crippen molar-refractivity contribution >= 4 is 5.78 Å². The average Bonchev–Trinajstić information content (AvgIpc) is 2.85. The van der Waals surface area contributed by atoms with E-state index in [9.17, 15) is 9.90 Å². The summed E-state index contributed by atoms with van der Waals surface area (Å²) in [6, 6.07) is 0. The molecule has 0 heterocycles. The molecule has 0 bridgehead atoms. The zero-order valence-electron chi connectivity index (χ0n) is 15.0. The zero-order chi connectivity index (χ0) is 16.4. The highest BCUT2D eigenvalue weighted by atomic mass is 16.3. The molecule has 23 heavy (non-hydrogen) atoms. The molecule has 4 aliphatic carbocycles. The second-order valence-electron chi connectivity index (χ2n) is 9.44. The summed E-state index contributed by atoms with van der Waals surface area (Å²) in [6.45, 7) is 6.70. The van der Waals surface area contributed by atoms with Gasteiger partial charge in [0.25, 0.3) is 0 Å². The van der Waals surface area contributed by atoms with Gasteiger partial charge >= 0.3 is 0 Å². The summed E-state index contributed by atoms with van der Waals surface area (Å²) >= 11 is 0. The largest absolute Gasteiger partial charge is 0.393 e. The number of carbonyl (C=O) groups excluding carboxylic acids is 1. The van der Waals surface area contributed by atoms with Gasteiger partial charge in [-0.3, -0.25) is 4.79 Å². The molecule has 0 aromatic carbocycles. The smallest absolute Gasteiger partial charge is 0.133 e. The van der Waals surface area contributed by atoms with Crippen molar-refractivity contribution in [3.05, 3.63) is 11.6 Å². The van der Waals surface area contributed by atoms with Crippen LogP contribution in [0.25, 0.3) is 0 Å². The maximum atomic E-state index is 12.2. The van der Waals surface area contributed by atoms with E-state index in [2.05, 4.69) is 19.9 Å². The summed E-state index contributed by atoms with van der Waals surface area (Å²) in [4.78, 5) is 12.2. The fourth-order valence-electron chi connectivity index (χ4n) is 7.31. The first-order chi connectivity index (χ1) is 10.9. The summed E-state index contributed by atoms with van der Waals surface area (Å²) in [5, 5.41) is 10.1. The van der Waals surface area contributed by atoms with Gasteiger partial charge in [0.1, 0.15) is 5.78 Å². The standard InChI is InChI=1S/C21H32O2/c1-13(22)17-6-7-18-16-5-4-14-12-15(23)8-10-20(14,2)19(16)9-11-21(17,18)3/h4,15-19,23H,5-12H2,1-3H3/t15-,16+,17+,18-,19+,20-,21+/m0/s1. The molecule has 4 aliphatic rings. The van der Waals surface area contributed by atoms with E-state index in [1.165, 1.54) is 25.7 Å². The minimum absolute atomic E-state index is 0.117. The molecule has 0 aromatic rings. The summed E-state index contributed by atoms with van der Waals surface area (Å²) in [7, 11) is 0. The quantitative estimate of drug-likeness (QED) is 0.722. The molecule has 1 N–H and O–H groups in total. The predicted octanol–water partition coefficient (Wildman–Crippen LogP) is 4.52. The van der Waals surface area contributed by atoms with Crippen LogP contribution in [0.15, 0.2) is 11.6 Å². The molecule has 0 saturated heterocycles. The van der Waals surface area contributed by atoms with Gasteiger partial charge in [-0.25, -0.2) is 0 Å². The fraction of sp³-hybridized carbons (Fsp3) is 0.857. The highest BCUT2D eigenvalue weighted by molar-refractivity contribution is 5.79. The predicted molar refractivity (Wildman–Crippen MR) is 91.9 cm³/mol. The van der Waals surface area contributed by atoms with E-state index in [1.807, 2.05) is 6.92 Å². The number of carbonyl (C=O) groups is 1. The van der Waals surface area contributed by atoms with E-state index in [-0.39, 0.29) is 11.5 Å². The lowest BCUT2D eigenvalue weighted by Crippen LogP contribution is -2.50. The molecule has 0 radical (unpaired) electrons. The van der Waals surface area contributed by atoms with Crippen molar-refractivity contribution in [3.8, 4) is 0 Å². The minimum atomic E-state index is -0.117. The van der Waals surface area contributed by atoms with Crippen molar-refractivity contribution in [1.82, 2.24) is 0 Å². The number of rotatable bonds is 1. The molecule has 0 unspecified atom stereocenters. The van der Waals surface area contributed by atoms with E-state index in [4.69, 9.17) is 0 Å². The summed E-state index contributed by atoms with van der Waals surface area (Å²) in [5.41, 5.74) is 2.11. The third-order valence-corrected chi connectivity index (χ3v) is 8.57. The van der Waals surface area contributed by atoms with Crippen LogP contribution >= 0.6 is 0 Å². The number of hydrogen-bond acceptors (Lipinski definition) is 2. The van der Waals surface area contributed by atoms with Crippen molar-refractivity contribution in [1.29, 1.82) is 0 Å². The van der Waals surface area contributed by atoms with Gasteiger partial charge in [-0.05, 0) is 86.9 Å². The van der Waals surface area contributed by atoms with Crippen LogP contribution in [0.2, 0.25) is 0 Å². The molecule has 3 saturated carbocycles. The number of aliphatic hydroxyl groups excluding tert-OH is 1. The Hall–Kier alpha value is -0.630. The van der Waals surface area contributed by atoms with E-state index in [0.29, 0.717) is 17.1 Å². The van der Waals surface area contributed by atoms with Crippen molar-refractivity contribution < 1.29 is 9.90 Å². The summed E-state index contributed by atoms with van der Waals surface area (Å²) in [5.74, 6) is 3.00. The molecule has 0 aliphatic heterocycles. The SMILES string of the molecule is CC(=O)[C@H]1CC[C@H]2[C@H]3CC=C4C[C@@H](O)CC[C@]4(C)[C@@H]3CC[C@]12C. The molecule has 0 aromatic heterocycles. The number of Topliss-reactive ketones (excluding diaryl/α,β-unsaturated/α-hetero) is 1. The van der Waals surface area contributed by atoms with Crippen LogP contribution in [-0.2, 0) is 4.79 Å². The second kappa shape index (κ2) is 5.18. The maximum Gasteiger partial charge on any atom is 0.133 e. The van der Waals surface area contributed by atoms with Crippen molar-refractivity contribution in [2.45, 2.75) is 78.2 Å². The third-order valence-electron chi connectivity index (χ3n) is 8.57. The highest BCUT2D eigenvalue weighted by Gasteiger charge is 2.59. The van der Waals surface area contributed by atoms with Crippen molar-refractivity contribution in [2.75, 3.05) is 0 Å². The topological polar surface area (TPSA) is 37.3 Å². The first kappa shape index (κ1) is 15.9. The molecular formula is C21H32O2. The number of ketones is 1. The molecule has 2 nitrogen and oxygen atoms in total. The number of hydrogen-bond donors (Lipinski definition) is 1. The van der Waals surface area contributed by atoms with E-state index in [0.717, 1.165) is 43.4 Å². The fourth-order valence-corrected chi connectivity index (χ4v) is 7.31. The Morgan fingerprint density at radius 1 is 1.13 bits per heavy atom. The van der Waals surface area contributed by atoms with Gasteiger partial charge in [-0.15, -0.1) is 0 Å². The monoisotopic (exact) mass is 316 g/mol. The Bertz CT molecular complexity index is 550. The van der Waals surface area contributed by atoms with Crippen LogP contribution in [0.5, 0.6) is 0 Å². The van der Waals surface area contributed by atoms with Crippen LogP contribution in [0.1, 0.15) is 72.1 Å². The van der Waals surface area contributed by atoms with Gasteiger partial charge in [0.2, 0.25) is 0 Å². The lowest BCUT2D eigenvalue weighted by Gasteiger charge is -2.57. The number of fused-ring (bicyclic) bond motifs is 5. The van der Waals surface area contributed by atoms with E-state index < -0.39 is 0 Å². The summed E-state index contributed by atoms with van der Waals surface area (Å²) in [6.07, 6.45) is 11.5. The lowest BCUT2D eigenvalue weighted by molar-refractivity contribution is -0.127. The Labute approximate surface area is 140 Å². The highest BCUT2D eigenvalue weighted by Crippen LogP contribution is 2.66. The second-order valence-corrected chi connectivity index (χ2v) is 9.44. The third kappa shape index (κ3) is 2.13. The van der Waals surface area contributed by atoms with Gasteiger partial charge in [0, 0.05) is 5.92 Å². The molecule has 4 rings (SSSR count). The minimum Gasteiger partial charge on any atom is -0.393 e. The van der Waals surface area contributed by atoms with Gasteiger partial charge in [-0.2, -0.15) is 0 Å². The van der Waals surface area contributed by atoms with Crippen molar-refractivity contribution in [2.24, 2.45) is 34.5 Å². The molecule has 128 valence electrons. The van der Waals surface area contributed by atoms with Crippen LogP contribution in [0.3, 0.4) is 0 Å². The molecule has 2 heteroatoms. The van der Waals surface area contributed by atoms with E-state index >= 15 is 0 Å². The van der Waals surface area contributed by atoms with Crippen LogP contribution < -0.4 is 0 Å². The lowest BCUT2D eigenvalue weighted by atomic mass is 9.47. The first-order valence-electron chi connectivity index (χ1n) is 9.74. The Morgan fingerprint density at radius 2 is 1.91 bits per heavy atom. The van der Waals surface area contributed by atoms with Crippen LogP contribution in [0.4, 0.5) is 0 Å². The van der Waals surface area contributed by atoms with Crippen LogP contribution in [-0.4, -0.2) is 17.0 Å².